The Labute approximate surface area is 253 Å². The lowest BCUT2D eigenvalue weighted by atomic mass is 10.1. The number of aliphatic hydroxyl groups is 2. The number of anilines is 2. The van der Waals surface area contributed by atoms with Crippen LogP contribution in [0.2, 0.25) is 0 Å². The molecule has 4 aromatic rings. The Morgan fingerprint density at radius 2 is 1.28 bits per heavy atom. The maximum atomic E-state index is 13.1. The minimum absolute atomic E-state index is 0.133. The normalized spacial score (nSPS) is 37.1. The molecule has 0 aromatic carbocycles. The van der Waals surface area contributed by atoms with E-state index in [2.05, 4.69) is 29.9 Å². The first-order valence-corrected chi connectivity index (χ1v) is 16.1. The largest absolute Gasteiger partial charge is 0.756 e. The lowest BCUT2D eigenvalue weighted by Crippen LogP contribution is -2.40. The molecule has 24 nitrogen and oxygen atoms in total. The molecule has 0 bridgehead atoms. The highest BCUT2D eigenvalue weighted by Gasteiger charge is 2.53. The topological polar surface area (TPSA) is 352 Å². The molecule has 0 radical (unpaired) electrons. The summed E-state index contributed by atoms with van der Waals surface area (Å²) in [5.74, 6) is -0.580. The molecule has 26 heteroatoms. The lowest BCUT2D eigenvalue weighted by Gasteiger charge is -2.32. The number of aliphatic hydroxyl groups excluding tert-OH is 2. The van der Waals surface area contributed by atoms with Gasteiger partial charge in [-0.05, 0) is 0 Å². The van der Waals surface area contributed by atoms with Crippen molar-refractivity contribution in [3.05, 3.63) is 33.4 Å². The second-order valence-corrected chi connectivity index (χ2v) is 13.1. The smallest absolute Gasteiger partial charge is 0.472 e. The first kappa shape index (κ1) is 31.0. The third-order valence-corrected chi connectivity index (χ3v) is 9.33. The number of aromatic amines is 2. The van der Waals surface area contributed by atoms with Crippen molar-refractivity contribution < 1.29 is 56.7 Å². The third-order valence-electron chi connectivity index (χ3n) is 7.37. The Bertz CT molecular complexity index is 1900. The van der Waals surface area contributed by atoms with Crippen LogP contribution in [-0.4, -0.2) is 104 Å². The highest BCUT2D eigenvalue weighted by Crippen LogP contribution is 2.52. The van der Waals surface area contributed by atoms with Gasteiger partial charge in [-0.25, -0.2) is 14.5 Å². The number of nitrogens with one attached hydrogen (secondary N) is 2. The molecule has 3 saturated heterocycles. The van der Waals surface area contributed by atoms with E-state index in [1.54, 1.807) is 0 Å². The molecule has 248 valence electrons. The molecule has 7 rings (SSSR count). The second-order valence-electron chi connectivity index (χ2n) is 10.3. The molecule has 10 atom stereocenters. The minimum Gasteiger partial charge on any atom is -0.756 e. The Hall–Kier alpha value is -3.64. The zero-order chi connectivity index (χ0) is 32.7. The number of fused-ring (bicyclic) bond motifs is 4. The summed E-state index contributed by atoms with van der Waals surface area (Å²) in [6.45, 7) is -1.83. The molecule has 46 heavy (non-hydrogen) atoms. The first-order valence-electron chi connectivity index (χ1n) is 13.1. The number of phosphoric acid groups is 2. The molecule has 3 aliphatic heterocycles. The van der Waals surface area contributed by atoms with E-state index in [4.69, 9.17) is 39.0 Å². The zero-order valence-corrected chi connectivity index (χ0v) is 24.5. The number of rotatable bonds is 2. The molecule has 0 spiro atoms. The molecular formula is C20H23N10O14P2-. The van der Waals surface area contributed by atoms with Crippen LogP contribution in [0.25, 0.3) is 22.3 Å². The van der Waals surface area contributed by atoms with Crippen molar-refractivity contribution in [3.8, 4) is 0 Å². The summed E-state index contributed by atoms with van der Waals surface area (Å²) in [7, 11) is -10.5. The number of hydrogen-bond acceptors (Lipinski definition) is 19. The fourth-order valence-electron chi connectivity index (χ4n) is 5.38. The third kappa shape index (κ3) is 5.33. The Kier molecular flexibility index (Phi) is 7.39. The SMILES string of the molecule is Nc1nc2c(ncn2[C@@H]2O[C@@H]3COP(=O)([O-])OC4[C@@H](COP(=O)(O)O[C@@H]3C2O)O[C@@H](n2cnc3c(=O)[nH]c(N)nc32)[C@H]4O)c(=O)[nH]1. The summed E-state index contributed by atoms with van der Waals surface area (Å²) < 4.78 is 60.1. The van der Waals surface area contributed by atoms with Gasteiger partial charge in [-0.15, -0.1) is 0 Å². The average Bonchev–Trinajstić information content (AvgIpc) is 3.72. The van der Waals surface area contributed by atoms with Crippen LogP contribution < -0.4 is 27.5 Å². The second kappa shape index (κ2) is 11.0. The van der Waals surface area contributed by atoms with Crippen molar-refractivity contribution >= 4 is 49.9 Å². The van der Waals surface area contributed by atoms with Crippen LogP contribution >= 0.6 is 15.6 Å². The number of ether oxygens (including phenoxy) is 2. The first-order chi connectivity index (χ1) is 21.7. The van der Waals surface area contributed by atoms with Crippen LogP contribution in [0, 0.1) is 0 Å². The van der Waals surface area contributed by atoms with Crippen LogP contribution in [0.5, 0.6) is 0 Å². The van der Waals surface area contributed by atoms with Crippen LogP contribution in [0.4, 0.5) is 11.9 Å². The number of imidazole rings is 2. The van der Waals surface area contributed by atoms with E-state index in [9.17, 15) is 38.7 Å². The molecule has 3 fully saturated rings. The number of phosphoric ester groups is 2. The van der Waals surface area contributed by atoms with Gasteiger partial charge in [0.25, 0.3) is 18.9 Å². The number of nitrogens with zero attached hydrogens (tertiary/aromatic N) is 6. The van der Waals surface area contributed by atoms with Crippen molar-refractivity contribution in [3.63, 3.8) is 0 Å². The molecule has 4 aromatic heterocycles. The van der Waals surface area contributed by atoms with Crippen molar-refractivity contribution in [1.29, 1.82) is 0 Å². The van der Waals surface area contributed by atoms with E-state index >= 15 is 0 Å². The highest BCUT2D eigenvalue weighted by molar-refractivity contribution is 7.47. The Balaban J connectivity index is 1.18. The van der Waals surface area contributed by atoms with Crippen molar-refractivity contribution in [2.24, 2.45) is 0 Å². The molecular weight excluding hydrogens is 666 g/mol. The summed E-state index contributed by atoms with van der Waals surface area (Å²) in [5, 5.41) is 22.2. The molecule has 0 saturated carbocycles. The van der Waals surface area contributed by atoms with E-state index in [1.165, 1.54) is 0 Å². The summed E-state index contributed by atoms with van der Waals surface area (Å²) in [6.07, 6.45) is -11.2. The molecule has 3 aliphatic rings. The zero-order valence-electron chi connectivity index (χ0n) is 22.8. The molecule has 9 N–H and O–H groups in total. The van der Waals surface area contributed by atoms with Crippen LogP contribution in [0.3, 0.4) is 0 Å². The quantitative estimate of drug-likeness (QED) is 0.0996. The standard InChI is InChI=1S/C20H24N10O14P2/c21-19-25-13-7(15(33)27-19)23-3-29(13)17-9(31)11-5(41-17)1-39-45(35,36)44-12-6(2-40-46(37,38)43-11)42-18(10(12)32)30-4-24-8-14(30)26-20(22)28-16(8)34/h3-6,9-12,17-18,31-32H,1-2H2,(H,35,36)(H,37,38)(H3,21,25,27,33)(H3,22,26,28,34)/p-1/t5-,6-,9+,10?,11?,12+,17-,18-/m1/s1. The van der Waals surface area contributed by atoms with Gasteiger partial charge in [0.15, 0.2) is 34.8 Å². The van der Waals surface area contributed by atoms with Crippen molar-refractivity contribution in [1.82, 2.24) is 39.0 Å². The average molecular weight is 689 g/mol. The fraction of sp³-hybridized carbons (Fsp3) is 0.500. The van der Waals surface area contributed by atoms with Gasteiger partial charge in [0.05, 0.1) is 25.9 Å². The van der Waals surface area contributed by atoms with Crippen LogP contribution in [0.15, 0.2) is 22.2 Å². The maximum Gasteiger partial charge on any atom is 0.472 e. The summed E-state index contributed by atoms with van der Waals surface area (Å²) in [4.78, 5) is 68.2. The van der Waals surface area contributed by atoms with Gasteiger partial charge in [0.1, 0.15) is 36.6 Å². The van der Waals surface area contributed by atoms with Gasteiger partial charge in [0, 0.05) is 0 Å². The molecule has 0 amide bonds. The van der Waals surface area contributed by atoms with E-state index in [0.29, 0.717) is 0 Å². The summed E-state index contributed by atoms with van der Waals surface area (Å²) in [5.41, 5.74) is 9.19. The predicted octanol–water partition coefficient (Wildman–Crippen LogP) is -3.68. The van der Waals surface area contributed by atoms with Crippen molar-refractivity contribution in [2.75, 3.05) is 24.7 Å². The van der Waals surface area contributed by atoms with E-state index in [1.807, 2.05) is 0 Å². The monoisotopic (exact) mass is 689 g/mol. The van der Waals surface area contributed by atoms with Crippen molar-refractivity contribution in [2.45, 2.75) is 49.1 Å². The number of aromatic nitrogens is 8. The Morgan fingerprint density at radius 1 is 0.826 bits per heavy atom. The van der Waals surface area contributed by atoms with E-state index < -0.39 is 89.1 Å². The van der Waals surface area contributed by atoms with Gasteiger partial charge in [-0.2, -0.15) is 9.97 Å². The van der Waals surface area contributed by atoms with Crippen LogP contribution in [0.1, 0.15) is 12.5 Å². The number of H-pyrrole nitrogens is 2. The van der Waals surface area contributed by atoms with E-state index in [0.717, 1.165) is 21.8 Å². The fourth-order valence-corrected chi connectivity index (χ4v) is 7.30. The number of nitrogen functional groups attached to an aromatic ring is 2. The Morgan fingerprint density at radius 3 is 1.78 bits per heavy atom. The van der Waals surface area contributed by atoms with Gasteiger partial charge in [-0.1, -0.05) is 0 Å². The van der Waals surface area contributed by atoms with Crippen LogP contribution in [-0.2, 0) is 36.7 Å². The predicted molar refractivity (Wildman–Crippen MR) is 144 cm³/mol. The number of nitrogens with two attached hydrogens (primary N) is 2. The maximum absolute atomic E-state index is 13.1. The van der Waals surface area contributed by atoms with Gasteiger partial charge >= 0.3 is 7.82 Å². The molecule has 4 unspecified atom stereocenters. The summed E-state index contributed by atoms with van der Waals surface area (Å²) >= 11 is 0. The lowest BCUT2D eigenvalue weighted by molar-refractivity contribution is -0.236. The van der Waals surface area contributed by atoms with Gasteiger partial charge in [-0.3, -0.25) is 42.3 Å². The van der Waals surface area contributed by atoms with E-state index in [-0.39, 0.29) is 34.2 Å². The minimum atomic E-state index is -5.35. The van der Waals surface area contributed by atoms with Gasteiger partial charge in [0.2, 0.25) is 11.9 Å². The summed E-state index contributed by atoms with van der Waals surface area (Å²) in [6, 6.07) is 0. The highest BCUT2D eigenvalue weighted by atomic mass is 31.2. The van der Waals surface area contributed by atoms with Gasteiger partial charge < -0.3 is 50.0 Å². The molecule has 7 heterocycles. The number of hydrogen-bond donors (Lipinski definition) is 7. The molecule has 0 aliphatic carbocycles.